The van der Waals surface area contributed by atoms with Crippen molar-refractivity contribution < 1.29 is 9.47 Å². The van der Waals surface area contributed by atoms with E-state index in [1.807, 2.05) is 6.07 Å². The Bertz CT molecular complexity index is 658. The number of ether oxygens (including phenoxy) is 2. The second-order valence-corrected chi connectivity index (χ2v) is 5.78. The molecule has 0 spiro atoms. The van der Waals surface area contributed by atoms with Gasteiger partial charge in [-0.05, 0) is 12.0 Å². The number of anilines is 2. The molecule has 1 atom stereocenters. The molecule has 0 saturated carbocycles. The van der Waals surface area contributed by atoms with E-state index in [2.05, 4.69) is 53.5 Å². The van der Waals surface area contributed by atoms with Gasteiger partial charge in [0.05, 0.1) is 25.6 Å². The number of methoxy groups -OCH3 is 2. The maximum absolute atomic E-state index is 5.49. The van der Waals surface area contributed by atoms with Gasteiger partial charge in [-0.2, -0.15) is 0 Å². The number of rotatable bonds is 5. The van der Waals surface area contributed by atoms with Crippen LogP contribution in [0.2, 0.25) is 0 Å². The minimum atomic E-state index is 0.459. The number of nitrogens with one attached hydrogen (secondary N) is 1. The Hall–Kier alpha value is -2.36. The highest BCUT2D eigenvalue weighted by Crippen LogP contribution is 2.41. The molecule has 0 radical (unpaired) electrons. The lowest BCUT2D eigenvalue weighted by Gasteiger charge is -2.39. The van der Waals surface area contributed by atoms with Crippen LogP contribution < -0.4 is 19.7 Å². The minimum Gasteiger partial charge on any atom is -0.493 e. The second kappa shape index (κ2) is 6.82. The van der Waals surface area contributed by atoms with Gasteiger partial charge in [-0.15, -0.1) is 0 Å². The Morgan fingerprint density at radius 1 is 1.09 bits per heavy atom. The molecule has 1 aliphatic rings. The Kier molecular flexibility index (Phi) is 4.60. The zero-order valence-electron chi connectivity index (χ0n) is 14.0. The van der Waals surface area contributed by atoms with Crippen molar-refractivity contribution in [3.63, 3.8) is 0 Å². The summed E-state index contributed by atoms with van der Waals surface area (Å²) >= 11 is 0. The third-order valence-electron chi connectivity index (χ3n) is 4.45. The molecule has 4 heteroatoms. The number of hydrogen-bond acceptors (Lipinski definition) is 4. The zero-order valence-corrected chi connectivity index (χ0v) is 14.0. The average Bonchev–Trinajstić information content (AvgIpc) is 2.61. The molecule has 2 aromatic carbocycles. The van der Waals surface area contributed by atoms with Gasteiger partial charge >= 0.3 is 0 Å². The molecule has 23 heavy (non-hydrogen) atoms. The van der Waals surface area contributed by atoms with Crippen molar-refractivity contribution in [2.45, 2.75) is 25.9 Å². The first-order valence-corrected chi connectivity index (χ1v) is 8.07. The lowest BCUT2D eigenvalue weighted by Crippen LogP contribution is -2.43. The summed E-state index contributed by atoms with van der Waals surface area (Å²) in [6.45, 7) is 4.06. The van der Waals surface area contributed by atoms with Crippen LogP contribution in [0.25, 0.3) is 0 Å². The molecule has 1 N–H and O–H groups in total. The van der Waals surface area contributed by atoms with Crippen LogP contribution in [-0.2, 0) is 6.54 Å². The van der Waals surface area contributed by atoms with Crippen molar-refractivity contribution in [1.82, 2.24) is 0 Å². The molecule has 1 heterocycles. The van der Waals surface area contributed by atoms with Crippen molar-refractivity contribution in [3.8, 4) is 11.5 Å². The lowest BCUT2D eigenvalue weighted by atomic mass is 10.0. The largest absolute Gasteiger partial charge is 0.493 e. The van der Waals surface area contributed by atoms with Crippen LogP contribution in [0.4, 0.5) is 11.4 Å². The van der Waals surface area contributed by atoms with Gasteiger partial charge in [0.1, 0.15) is 0 Å². The monoisotopic (exact) mass is 312 g/mol. The summed E-state index contributed by atoms with van der Waals surface area (Å²) in [7, 11) is 3.35. The van der Waals surface area contributed by atoms with E-state index in [0.717, 1.165) is 36.7 Å². The number of fused-ring (bicyclic) bond motifs is 1. The molecule has 4 nitrogen and oxygen atoms in total. The molecule has 0 saturated heterocycles. The smallest absolute Gasteiger partial charge is 0.162 e. The van der Waals surface area contributed by atoms with Crippen molar-refractivity contribution in [2.24, 2.45) is 0 Å². The van der Waals surface area contributed by atoms with Gasteiger partial charge in [-0.1, -0.05) is 37.3 Å². The fourth-order valence-corrected chi connectivity index (χ4v) is 3.14. The Morgan fingerprint density at radius 2 is 1.78 bits per heavy atom. The summed E-state index contributed by atoms with van der Waals surface area (Å²) in [4.78, 5) is 2.46. The third-order valence-corrected chi connectivity index (χ3v) is 4.45. The first kappa shape index (κ1) is 15.5. The highest BCUT2D eigenvalue weighted by atomic mass is 16.5. The van der Waals surface area contributed by atoms with Gasteiger partial charge in [0.25, 0.3) is 0 Å². The van der Waals surface area contributed by atoms with E-state index in [1.165, 1.54) is 11.3 Å². The predicted octanol–water partition coefficient (Wildman–Crippen LogP) is 3.91. The maximum Gasteiger partial charge on any atom is 0.162 e. The molecule has 0 fully saturated rings. The van der Waals surface area contributed by atoms with Gasteiger partial charge in [0, 0.05) is 31.3 Å². The minimum absolute atomic E-state index is 0.459. The molecule has 0 amide bonds. The topological polar surface area (TPSA) is 33.7 Å². The molecule has 2 aromatic rings. The Balaban J connectivity index is 2.00. The number of nitrogens with zero attached hydrogens (tertiary/aromatic N) is 1. The normalized spacial score (nSPS) is 16.5. The molecule has 0 aliphatic carbocycles. The van der Waals surface area contributed by atoms with Crippen molar-refractivity contribution in [1.29, 1.82) is 0 Å². The fraction of sp³-hybridized carbons (Fsp3) is 0.368. The Morgan fingerprint density at radius 3 is 2.43 bits per heavy atom. The van der Waals surface area contributed by atoms with Crippen LogP contribution in [0.3, 0.4) is 0 Å². The molecular formula is C19H24N2O2. The van der Waals surface area contributed by atoms with E-state index in [9.17, 15) is 0 Å². The summed E-state index contributed by atoms with van der Waals surface area (Å²) in [5.41, 5.74) is 3.58. The van der Waals surface area contributed by atoms with E-state index in [4.69, 9.17) is 9.47 Å². The fourth-order valence-electron chi connectivity index (χ4n) is 3.14. The average molecular weight is 312 g/mol. The summed E-state index contributed by atoms with van der Waals surface area (Å²) in [5.74, 6) is 1.52. The summed E-state index contributed by atoms with van der Waals surface area (Å²) in [6, 6.07) is 15.2. The SMILES string of the molecule is CCC1CNc2cc(OC)c(OC)cc2N1Cc1ccccc1. The first-order valence-electron chi connectivity index (χ1n) is 8.07. The van der Waals surface area contributed by atoms with E-state index < -0.39 is 0 Å². The predicted molar refractivity (Wildman–Crippen MR) is 94.7 cm³/mol. The van der Waals surface area contributed by atoms with E-state index in [0.29, 0.717) is 6.04 Å². The van der Waals surface area contributed by atoms with Crippen LogP contribution >= 0.6 is 0 Å². The van der Waals surface area contributed by atoms with Gasteiger partial charge in [-0.25, -0.2) is 0 Å². The standard InChI is InChI=1S/C19H24N2O2/c1-4-15-12-20-16-10-18(22-2)19(23-3)11-17(16)21(15)13-14-8-6-5-7-9-14/h5-11,15,20H,4,12-13H2,1-3H3. The second-order valence-electron chi connectivity index (χ2n) is 5.78. The van der Waals surface area contributed by atoms with Crippen LogP contribution in [0.5, 0.6) is 11.5 Å². The highest BCUT2D eigenvalue weighted by Gasteiger charge is 2.26. The van der Waals surface area contributed by atoms with Crippen LogP contribution in [0.1, 0.15) is 18.9 Å². The molecule has 122 valence electrons. The van der Waals surface area contributed by atoms with Gasteiger partial charge in [0.2, 0.25) is 0 Å². The van der Waals surface area contributed by atoms with E-state index in [-0.39, 0.29) is 0 Å². The van der Waals surface area contributed by atoms with E-state index in [1.54, 1.807) is 14.2 Å². The van der Waals surface area contributed by atoms with Gasteiger partial charge in [0.15, 0.2) is 11.5 Å². The van der Waals surface area contributed by atoms with Crippen molar-refractivity contribution in [3.05, 3.63) is 48.0 Å². The quantitative estimate of drug-likeness (QED) is 0.907. The molecule has 0 bridgehead atoms. The van der Waals surface area contributed by atoms with Crippen LogP contribution in [-0.4, -0.2) is 26.8 Å². The molecule has 1 aliphatic heterocycles. The first-order chi connectivity index (χ1) is 11.3. The summed E-state index contributed by atoms with van der Waals surface area (Å²) < 4.78 is 10.9. The number of benzene rings is 2. The molecule has 1 unspecified atom stereocenters. The van der Waals surface area contributed by atoms with Crippen LogP contribution in [0, 0.1) is 0 Å². The molecular weight excluding hydrogens is 288 g/mol. The highest BCUT2D eigenvalue weighted by molar-refractivity contribution is 5.77. The van der Waals surface area contributed by atoms with Gasteiger partial charge in [-0.3, -0.25) is 0 Å². The molecule has 0 aromatic heterocycles. The summed E-state index contributed by atoms with van der Waals surface area (Å²) in [6.07, 6.45) is 1.09. The van der Waals surface area contributed by atoms with Crippen LogP contribution in [0.15, 0.2) is 42.5 Å². The van der Waals surface area contributed by atoms with Crippen molar-refractivity contribution >= 4 is 11.4 Å². The Labute approximate surface area is 138 Å². The van der Waals surface area contributed by atoms with Crippen molar-refractivity contribution in [2.75, 3.05) is 31.0 Å². The lowest BCUT2D eigenvalue weighted by molar-refractivity contribution is 0.355. The van der Waals surface area contributed by atoms with E-state index >= 15 is 0 Å². The van der Waals surface area contributed by atoms with Gasteiger partial charge < -0.3 is 19.7 Å². The maximum atomic E-state index is 5.49. The number of hydrogen-bond donors (Lipinski definition) is 1. The zero-order chi connectivity index (χ0) is 16.2. The summed E-state index contributed by atoms with van der Waals surface area (Å²) in [5, 5.41) is 3.53. The molecule has 3 rings (SSSR count). The third kappa shape index (κ3) is 3.07.